The van der Waals surface area contributed by atoms with E-state index in [9.17, 15) is 0 Å². The minimum Gasteiger partial charge on any atom is -0.456 e. The molecule has 6 aromatic carbocycles. The van der Waals surface area contributed by atoms with Crippen molar-refractivity contribution in [2.75, 3.05) is 0 Å². The zero-order valence-electron chi connectivity index (χ0n) is 22.5. The van der Waals surface area contributed by atoms with E-state index in [0.717, 1.165) is 33.0 Å². The highest BCUT2D eigenvalue weighted by Gasteiger charge is 2.37. The molecule has 0 fully saturated rings. The van der Waals surface area contributed by atoms with Gasteiger partial charge in [-0.25, -0.2) is 0 Å². The van der Waals surface area contributed by atoms with Gasteiger partial charge in [0.15, 0.2) is 0 Å². The second-order valence-electron chi connectivity index (χ2n) is 11.2. The highest BCUT2D eigenvalue weighted by atomic mass is 28.3. The molecule has 2 nitrogen and oxygen atoms in total. The summed E-state index contributed by atoms with van der Waals surface area (Å²) in [5, 5.41) is 9.86. The van der Waals surface area contributed by atoms with Crippen LogP contribution in [0.15, 0.2) is 128 Å². The first kappa shape index (κ1) is 23.2. The van der Waals surface area contributed by atoms with Crippen molar-refractivity contribution in [1.29, 1.82) is 0 Å². The van der Waals surface area contributed by atoms with Gasteiger partial charge in [-0.05, 0) is 73.1 Å². The van der Waals surface area contributed by atoms with Gasteiger partial charge < -0.3 is 4.74 Å². The van der Waals surface area contributed by atoms with Gasteiger partial charge in [-0.15, -0.1) is 0 Å². The fraction of sp³-hybridized carbons (Fsp3) is 0.0541. The molecule has 1 aromatic heterocycles. The molecule has 0 N–H and O–H groups in total. The van der Waals surface area contributed by atoms with Crippen molar-refractivity contribution in [3.8, 4) is 33.8 Å². The average Bonchev–Trinajstić information content (AvgIpc) is 3.23. The molecule has 1 aliphatic heterocycles. The Morgan fingerprint density at radius 3 is 2.20 bits per heavy atom. The van der Waals surface area contributed by atoms with Crippen molar-refractivity contribution in [1.82, 2.24) is 4.98 Å². The molecule has 0 amide bonds. The van der Waals surface area contributed by atoms with E-state index in [0.29, 0.717) is 0 Å². The number of rotatable bonds is 3. The van der Waals surface area contributed by atoms with E-state index < -0.39 is 8.07 Å². The first-order valence-corrected chi connectivity index (χ1v) is 16.8. The molecule has 190 valence electrons. The molecule has 7 aromatic rings. The third-order valence-corrected chi connectivity index (χ3v) is 12.2. The molecule has 0 aliphatic carbocycles. The van der Waals surface area contributed by atoms with E-state index in [1.807, 2.05) is 12.4 Å². The van der Waals surface area contributed by atoms with Gasteiger partial charge in [0, 0.05) is 28.6 Å². The number of hydrogen-bond donors (Lipinski definition) is 0. The lowest BCUT2D eigenvalue weighted by molar-refractivity contribution is 0.494. The van der Waals surface area contributed by atoms with Gasteiger partial charge in [0.2, 0.25) is 0 Å². The number of nitrogens with zero attached hydrogens (tertiary/aromatic N) is 1. The van der Waals surface area contributed by atoms with Crippen LogP contribution in [0.5, 0.6) is 11.5 Å². The molecular formula is C37H27NOSi. The smallest absolute Gasteiger partial charge is 0.143 e. The first-order valence-electron chi connectivity index (χ1n) is 13.8. The molecule has 0 unspecified atom stereocenters. The Labute approximate surface area is 234 Å². The topological polar surface area (TPSA) is 22.1 Å². The summed E-state index contributed by atoms with van der Waals surface area (Å²) in [6.07, 6.45) is 3.84. The quantitative estimate of drug-likeness (QED) is 0.169. The van der Waals surface area contributed by atoms with E-state index >= 15 is 0 Å². The van der Waals surface area contributed by atoms with Crippen molar-refractivity contribution < 1.29 is 4.74 Å². The van der Waals surface area contributed by atoms with E-state index in [1.165, 1.54) is 43.4 Å². The molecular weight excluding hydrogens is 502 g/mol. The van der Waals surface area contributed by atoms with Crippen molar-refractivity contribution in [2.24, 2.45) is 0 Å². The predicted octanol–water partition coefficient (Wildman–Crippen LogP) is 8.80. The highest BCUT2D eigenvalue weighted by Crippen LogP contribution is 2.45. The number of pyridine rings is 1. The Bertz CT molecular complexity index is 2070. The Morgan fingerprint density at radius 1 is 0.575 bits per heavy atom. The van der Waals surface area contributed by atoms with Gasteiger partial charge in [0.05, 0.1) is 0 Å². The van der Waals surface area contributed by atoms with Crippen LogP contribution < -0.4 is 15.1 Å². The van der Waals surface area contributed by atoms with Gasteiger partial charge in [0.1, 0.15) is 19.6 Å². The van der Waals surface area contributed by atoms with Crippen LogP contribution in [-0.2, 0) is 0 Å². The molecule has 2 heterocycles. The summed E-state index contributed by atoms with van der Waals surface area (Å²) in [6.45, 7) is 4.88. The summed E-state index contributed by atoms with van der Waals surface area (Å²) < 4.78 is 6.86. The highest BCUT2D eigenvalue weighted by molar-refractivity contribution is 7.03. The molecule has 40 heavy (non-hydrogen) atoms. The molecule has 0 atom stereocenters. The molecule has 8 rings (SSSR count). The molecule has 0 saturated carbocycles. The summed E-state index contributed by atoms with van der Waals surface area (Å²) >= 11 is 0. The molecule has 0 spiro atoms. The summed E-state index contributed by atoms with van der Waals surface area (Å²) in [5.74, 6) is 1.74. The fourth-order valence-electron chi connectivity index (χ4n) is 6.63. The van der Waals surface area contributed by atoms with Gasteiger partial charge >= 0.3 is 0 Å². The zero-order chi connectivity index (χ0) is 26.8. The normalized spacial score (nSPS) is 13.4. The zero-order valence-corrected chi connectivity index (χ0v) is 23.5. The second kappa shape index (κ2) is 8.64. The van der Waals surface area contributed by atoms with Gasteiger partial charge in [0.25, 0.3) is 0 Å². The second-order valence-corrected chi connectivity index (χ2v) is 15.5. The lowest BCUT2D eigenvalue weighted by Crippen LogP contribution is -2.49. The molecule has 0 bridgehead atoms. The van der Waals surface area contributed by atoms with Crippen LogP contribution in [0.3, 0.4) is 0 Å². The fourth-order valence-corrected chi connectivity index (χ4v) is 9.70. The number of ether oxygens (including phenoxy) is 1. The van der Waals surface area contributed by atoms with Crippen molar-refractivity contribution in [2.45, 2.75) is 13.1 Å². The Kier molecular flexibility index (Phi) is 5.00. The van der Waals surface area contributed by atoms with Crippen LogP contribution in [0.4, 0.5) is 0 Å². The first-order chi connectivity index (χ1) is 19.6. The molecule has 3 heteroatoms. The van der Waals surface area contributed by atoms with Crippen LogP contribution in [-0.4, -0.2) is 13.1 Å². The lowest BCUT2D eigenvalue weighted by Gasteiger charge is -2.19. The minimum atomic E-state index is -1.71. The number of fused-ring (bicyclic) bond motifs is 6. The van der Waals surface area contributed by atoms with E-state index in [1.54, 1.807) is 0 Å². The third-order valence-electron chi connectivity index (χ3n) is 8.59. The maximum Gasteiger partial charge on any atom is 0.143 e. The molecule has 0 saturated heterocycles. The van der Waals surface area contributed by atoms with Crippen molar-refractivity contribution in [3.63, 3.8) is 0 Å². The third kappa shape index (κ3) is 3.38. The Morgan fingerprint density at radius 2 is 1.30 bits per heavy atom. The van der Waals surface area contributed by atoms with Crippen LogP contribution >= 0.6 is 0 Å². The standard InChI is InChI=1S/C37H27NOSi/c1-40(2)34-14-8-7-11-28(34)32-22-27(17-18-35(32)40)39-37-30-13-6-5-12-29(30)36(33-23-38-20-19-31(33)37)26-16-15-24-9-3-4-10-25(24)21-26/h3-23H,1-2H3. The largest absolute Gasteiger partial charge is 0.456 e. The maximum absolute atomic E-state index is 6.86. The number of aromatic nitrogens is 1. The molecule has 1 aliphatic rings. The lowest BCUT2D eigenvalue weighted by atomic mass is 9.91. The summed E-state index contributed by atoms with van der Waals surface area (Å²) in [7, 11) is -1.71. The van der Waals surface area contributed by atoms with E-state index in [4.69, 9.17) is 4.74 Å². The van der Waals surface area contributed by atoms with Crippen LogP contribution in [0.2, 0.25) is 13.1 Å². The van der Waals surface area contributed by atoms with Crippen LogP contribution in [0.1, 0.15) is 0 Å². The summed E-state index contributed by atoms with van der Waals surface area (Å²) in [5.41, 5.74) is 5.03. The van der Waals surface area contributed by atoms with Gasteiger partial charge in [-0.2, -0.15) is 0 Å². The average molecular weight is 530 g/mol. The van der Waals surface area contributed by atoms with Crippen molar-refractivity contribution in [3.05, 3.63) is 128 Å². The number of benzene rings is 6. The van der Waals surface area contributed by atoms with E-state index in [-0.39, 0.29) is 0 Å². The number of hydrogen-bond acceptors (Lipinski definition) is 2. The Balaban J connectivity index is 1.34. The van der Waals surface area contributed by atoms with Gasteiger partial charge in [-0.1, -0.05) is 104 Å². The molecule has 0 radical (unpaired) electrons. The van der Waals surface area contributed by atoms with E-state index in [2.05, 4.69) is 133 Å². The monoisotopic (exact) mass is 529 g/mol. The summed E-state index contributed by atoms with van der Waals surface area (Å²) in [6, 6.07) is 41.5. The summed E-state index contributed by atoms with van der Waals surface area (Å²) in [4.78, 5) is 4.55. The van der Waals surface area contributed by atoms with Crippen molar-refractivity contribution >= 4 is 50.8 Å². The maximum atomic E-state index is 6.86. The Hall–Kier alpha value is -4.73. The van der Waals surface area contributed by atoms with Crippen LogP contribution in [0, 0.1) is 0 Å². The van der Waals surface area contributed by atoms with Crippen LogP contribution in [0.25, 0.3) is 54.6 Å². The van der Waals surface area contributed by atoms with Gasteiger partial charge in [-0.3, -0.25) is 4.98 Å². The SMILES string of the molecule is C[Si]1(C)c2ccccc2-c2cc(Oc3c4ccccc4c(-c4ccc5ccccc5c4)c4cnccc34)ccc21. The minimum absolute atomic E-state index is 0.863. The predicted molar refractivity (Wildman–Crippen MR) is 171 cm³/mol.